The molecule has 21 heavy (non-hydrogen) atoms. The lowest BCUT2D eigenvalue weighted by Crippen LogP contribution is -2.60. The Bertz CT molecular complexity index is 642. The first-order valence-electron chi connectivity index (χ1n) is 6.83. The van der Waals surface area contributed by atoms with Crippen molar-refractivity contribution in [2.24, 2.45) is 11.3 Å². The SMILES string of the molecule is O=S(=O)(c1cccc(CC2CC3(CNC3)C2)c1)C(F)(F)F. The molecular weight excluding hydrogens is 303 g/mol. The van der Waals surface area contributed by atoms with Gasteiger partial charge >= 0.3 is 5.51 Å². The highest BCUT2D eigenvalue weighted by Crippen LogP contribution is 2.49. The average molecular weight is 319 g/mol. The van der Waals surface area contributed by atoms with E-state index in [2.05, 4.69) is 5.32 Å². The van der Waals surface area contributed by atoms with Gasteiger partial charge in [0.1, 0.15) is 0 Å². The summed E-state index contributed by atoms with van der Waals surface area (Å²) in [6.45, 7) is 2.04. The van der Waals surface area contributed by atoms with Crippen LogP contribution in [0.2, 0.25) is 0 Å². The highest BCUT2D eigenvalue weighted by Gasteiger charge is 2.48. The first kappa shape index (κ1) is 14.8. The van der Waals surface area contributed by atoms with E-state index in [0.717, 1.165) is 38.1 Å². The number of hydrogen-bond donors (Lipinski definition) is 1. The molecule has 0 radical (unpaired) electrons. The zero-order valence-electron chi connectivity index (χ0n) is 11.3. The van der Waals surface area contributed by atoms with Gasteiger partial charge in [-0.2, -0.15) is 13.2 Å². The second-order valence-electron chi connectivity index (χ2n) is 6.18. The summed E-state index contributed by atoms with van der Waals surface area (Å²) in [4.78, 5) is -0.660. The van der Waals surface area contributed by atoms with Gasteiger partial charge in [0.2, 0.25) is 0 Å². The van der Waals surface area contributed by atoms with Gasteiger partial charge < -0.3 is 5.32 Å². The average Bonchev–Trinajstić information content (AvgIpc) is 2.30. The zero-order valence-corrected chi connectivity index (χ0v) is 12.1. The minimum absolute atomic E-state index is 0.403. The molecule has 1 saturated heterocycles. The Morgan fingerprint density at radius 3 is 2.43 bits per heavy atom. The van der Waals surface area contributed by atoms with Crippen molar-refractivity contribution in [1.29, 1.82) is 0 Å². The van der Waals surface area contributed by atoms with Gasteiger partial charge in [0.25, 0.3) is 9.84 Å². The van der Waals surface area contributed by atoms with Gasteiger partial charge in [0.05, 0.1) is 4.90 Å². The van der Waals surface area contributed by atoms with Crippen LogP contribution in [0.25, 0.3) is 0 Å². The quantitative estimate of drug-likeness (QED) is 0.931. The summed E-state index contributed by atoms with van der Waals surface area (Å²) in [5.41, 5.74) is -4.18. The van der Waals surface area contributed by atoms with Gasteiger partial charge in [-0.05, 0) is 48.3 Å². The van der Waals surface area contributed by atoms with Crippen LogP contribution in [0.3, 0.4) is 0 Å². The van der Waals surface area contributed by atoms with E-state index in [4.69, 9.17) is 0 Å². The summed E-state index contributed by atoms with van der Waals surface area (Å²) in [6.07, 6.45) is 2.77. The molecule has 2 aliphatic rings. The molecule has 1 aromatic carbocycles. The van der Waals surface area contributed by atoms with E-state index in [-0.39, 0.29) is 0 Å². The number of rotatable bonds is 3. The second kappa shape index (κ2) is 4.71. The Morgan fingerprint density at radius 2 is 1.90 bits per heavy atom. The van der Waals surface area contributed by atoms with Crippen LogP contribution in [0.15, 0.2) is 29.2 Å². The highest BCUT2D eigenvalue weighted by molar-refractivity contribution is 7.92. The maximum atomic E-state index is 12.6. The zero-order chi connectivity index (χ0) is 15.3. The van der Waals surface area contributed by atoms with Crippen LogP contribution >= 0.6 is 0 Å². The lowest BCUT2D eigenvalue weighted by molar-refractivity contribution is -0.0436. The molecule has 1 N–H and O–H groups in total. The molecule has 0 atom stereocenters. The molecular formula is C14H16F3NO2S. The third kappa shape index (κ3) is 2.57. The number of benzene rings is 1. The molecule has 1 aromatic rings. The molecule has 7 heteroatoms. The minimum atomic E-state index is -5.25. The molecule has 0 unspecified atom stereocenters. The highest BCUT2D eigenvalue weighted by atomic mass is 32.2. The van der Waals surface area contributed by atoms with Crippen LogP contribution in [0.1, 0.15) is 18.4 Å². The molecule has 3 nitrogen and oxygen atoms in total. The van der Waals surface area contributed by atoms with Gasteiger partial charge in [-0.3, -0.25) is 0 Å². The van der Waals surface area contributed by atoms with E-state index in [1.54, 1.807) is 6.07 Å². The molecule has 1 saturated carbocycles. The topological polar surface area (TPSA) is 46.2 Å². The molecule has 0 amide bonds. The van der Waals surface area contributed by atoms with E-state index < -0.39 is 20.2 Å². The maximum absolute atomic E-state index is 12.6. The van der Waals surface area contributed by atoms with Crippen molar-refractivity contribution in [3.8, 4) is 0 Å². The standard InChI is InChI=1S/C14H16F3NO2S/c15-14(16,17)21(19,20)12-3-1-2-10(5-12)4-11-6-13(7-11)8-18-9-13/h1-3,5,11,18H,4,6-9H2. The van der Waals surface area contributed by atoms with E-state index in [1.165, 1.54) is 6.07 Å². The lowest BCUT2D eigenvalue weighted by atomic mass is 9.57. The minimum Gasteiger partial charge on any atom is -0.316 e. The van der Waals surface area contributed by atoms with Crippen LogP contribution in [-0.2, 0) is 16.3 Å². The number of hydrogen-bond acceptors (Lipinski definition) is 3. The van der Waals surface area contributed by atoms with Crippen molar-refractivity contribution in [2.75, 3.05) is 13.1 Å². The molecule has 3 rings (SSSR count). The lowest BCUT2D eigenvalue weighted by Gasteiger charge is -2.54. The van der Waals surface area contributed by atoms with Crippen molar-refractivity contribution >= 4 is 9.84 Å². The predicted octanol–water partition coefficient (Wildman–Crippen LogP) is 2.52. The Hall–Kier alpha value is -1.08. The van der Waals surface area contributed by atoms with Gasteiger partial charge in [-0.1, -0.05) is 12.1 Å². The van der Waals surface area contributed by atoms with Crippen LogP contribution < -0.4 is 5.32 Å². The van der Waals surface area contributed by atoms with E-state index in [9.17, 15) is 21.6 Å². The van der Waals surface area contributed by atoms with Crippen molar-refractivity contribution < 1.29 is 21.6 Å². The van der Waals surface area contributed by atoms with Crippen LogP contribution in [0.5, 0.6) is 0 Å². The summed E-state index contributed by atoms with van der Waals surface area (Å²) in [6, 6.07) is 5.24. The summed E-state index contributed by atoms with van der Waals surface area (Å²) >= 11 is 0. The summed E-state index contributed by atoms with van der Waals surface area (Å²) in [5.74, 6) is 0.441. The Morgan fingerprint density at radius 1 is 1.24 bits per heavy atom. The molecule has 2 fully saturated rings. The monoisotopic (exact) mass is 319 g/mol. The van der Waals surface area contributed by atoms with Crippen LogP contribution in [-0.4, -0.2) is 27.0 Å². The number of nitrogens with one attached hydrogen (secondary N) is 1. The molecule has 1 aliphatic heterocycles. The third-order valence-corrected chi connectivity index (χ3v) is 5.97. The van der Waals surface area contributed by atoms with Gasteiger partial charge in [-0.15, -0.1) is 0 Å². The van der Waals surface area contributed by atoms with Crippen molar-refractivity contribution in [1.82, 2.24) is 5.32 Å². The molecule has 0 bridgehead atoms. The molecule has 0 aromatic heterocycles. The van der Waals surface area contributed by atoms with Crippen molar-refractivity contribution in [3.63, 3.8) is 0 Å². The molecule has 1 spiro atoms. The fourth-order valence-electron chi connectivity index (χ4n) is 3.38. The molecule has 1 heterocycles. The summed E-state index contributed by atoms with van der Waals surface area (Å²) in [5, 5.41) is 3.23. The largest absolute Gasteiger partial charge is 0.501 e. The molecule has 1 aliphatic carbocycles. The summed E-state index contributed by atoms with van der Waals surface area (Å²) < 4.78 is 60.5. The van der Waals surface area contributed by atoms with Gasteiger partial charge in [0, 0.05) is 13.1 Å². The Kier molecular flexibility index (Phi) is 3.33. The van der Waals surface area contributed by atoms with Crippen LogP contribution in [0.4, 0.5) is 13.2 Å². The fraction of sp³-hybridized carbons (Fsp3) is 0.571. The number of sulfone groups is 1. The van der Waals surface area contributed by atoms with E-state index in [0.29, 0.717) is 23.3 Å². The van der Waals surface area contributed by atoms with Crippen molar-refractivity contribution in [2.45, 2.75) is 29.7 Å². The van der Waals surface area contributed by atoms with E-state index in [1.807, 2.05) is 0 Å². The second-order valence-corrected chi connectivity index (χ2v) is 8.12. The first-order chi connectivity index (χ1) is 9.72. The fourth-order valence-corrected chi connectivity index (χ4v) is 4.21. The van der Waals surface area contributed by atoms with Gasteiger partial charge in [0.15, 0.2) is 0 Å². The first-order valence-corrected chi connectivity index (χ1v) is 8.31. The Labute approximate surface area is 121 Å². The van der Waals surface area contributed by atoms with Gasteiger partial charge in [-0.25, -0.2) is 8.42 Å². The van der Waals surface area contributed by atoms with Crippen LogP contribution in [0, 0.1) is 11.3 Å². The smallest absolute Gasteiger partial charge is 0.316 e. The summed E-state index contributed by atoms with van der Waals surface area (Å²) in [7, 11) is -5.25. The Balaban J connectivity index is 1.72. The number of halogens is 3. The third-order valence-electron chi connectivity index (χ3n) is 4.48. The van der Waals surface area contributed by atoms with Crippen molar-refractivity contribution in [3.05, 3.63) is 29.8 Å². The number of alkyl halides is 3. The normalized spacial score (nSPS) is 21.9. The van der Waals surface area contributed by atoms with E-state index >= 15 is 0 Å². The molecule has 116 valence electrons. The maximum Gasteiger partial charge on any atom is 0.501 e. The predicted molar refractivity (Wildman–Crippen MR) is 71.4 cm³/mol.